The molecule has 0 fully saturated rings. The second kappa shape index (κ2) is 6.86. The van der Waals surface area contributed by atoms with Gasteiger partial charge >= 0.3 is 0 Å². The van der Waals surface area contributed by atoms with Crippen LogP contribution in [0.2, 0.25) is 0 Å². The number of halogens is 1. The molecule has 7 nitrogen and oxygen atoms in total. The third-order valence-corrected chi connectivity index (χ3v) is 4.26. The lowest BCUT2D eigenvalue weighted by Crippen LogP contribution is -2.18. The van der Waals surface area contributed by atoms with Crippen LogP contribution in [0.3, 0.4) is 0 Å². The highest BCUT2D eigenvalue weighted by Gasteiger charge is 2.16. The summed E-state index contributed by atoms with van der Waals surface area (Å²) in [7, 11) is 0. The molecule has 0 saturated heterocycles. The minimum absolute atomic E-state index is 0.0187. The number of aromatic amines is 1. The minimum atomic E-state index is -0.464. The molecule has 25 heavy (non-hydrogen) atoms. The standard InChI is InChI=1S/C17H13BrN4O3/c1-10-14-8-13(22(24)25)6-7-15(14)20-16(10)17(23)21-19-9-11-2-4-12(18)5-3-11/h2-9,20H,1H3,(H,21,23)/b19-9-. The van der Waals surface area contributed by atoms with E-state index in [1.807, 2.05) is 24.3 Å². The summed E-state index contributed by atoms with van der Waals surface area (Å²) in [5.41, 5.74) is 4.89. The number of hydrogen-bond acceptors (Lipinski definition) is 4. The molecule has 2 N–H and O–H groups in total. The van der Waals surface area contributed by atoms with Crippen molar-refractivity contribution >= 4 is 44.6 Å². The molecule has 0 spiro atoms. The van der Waals surface area contributed by atoms with Gasteiger partial charge in [-0.15, -0.1) is 0 Å². The second-order valence-electron chi connectivity index (χ2n) is 5.36. The Kier molecular flexibility index (Phi) is 4.62. The Balaban J connectivity index is 1.81. The van der Waals surface area contributed by atoms with Crippen molar-refractivity contribution in [3.8, 4) is 0 Å². The van der Waals surface area contributed by atoms with Crippen LogP contribution in [0.1, 0.15) is 21.6 Å². The molecule has 0 aliphatic heterocycles. The Morgan fingerprint density at radius 1 is 1.28 bits per heavy atom. The molecule has 0 atom stereocenters. The molecule has 126 valence electrons. The van der Waals surface area contributed by atoms with Crippen LogP contribution in [-0.4, -0.2) is 22.0 Å². The summed E-state index contributed by atoms with van der Waals surface area (Å²) in [5, 5.41) is 15.5. The van der Waals surface area contributed by atoms with Crippen LogP contribution in [0, 0.1) is 17.0 Å². The average molecular weight is 401 g/mol. The highest BCUT2D eigenvalue weighted by molar-refractivity contribution is 9.10. The summed E-state index contributed by atoms with van der Waals surface area (Å²) in [6.07, 6.45) is 1.53. The number of non-ortho nitro benzene ring substituents is 1. The van der Waals surface area contributed by atoms with Gasteiger partial charge in [0.25, 0.3) is 11.6 Å². The second-order valence-corrected chi connectivity index (χ2v) is 6.28. The van der Waals surface area contributed by atoms with Crippen LogP contribution in [0.15, 0.2) is 52.0 Å². The predicted molar refractivity (Wildman–Crippen MR) is 98.9 cm³/mol. The lowest BCUT2D eigenvalue weighted by Gasteiger charge is -1.99. The summed E-state index contributed by atoms with van der Waals surface area (Å²) in [6, 6.07) is 11.9. The Morgan fingerprint density at radius 2 is 2.00 bits per heavy atom. The van der Waals surface area contributed by atoms with E-state index in [2.05, 4.69) is 31.4 Å². The van der Waals surface area contributed by atoms with Gasteiger partial charge in [-0.2, -0.15) is 5.10 Å². The molecule has 3 aromatic rings. The Bertz CT molecular complexity index is 993. The topological polar surface area (TPSA) is 100 Å². The molecule has 0 aliphatic carbocycles. The number of hydrazone groups is 1. The fourth-order valence-corrected chi connectivity index (χ4v) is 2.69. The third-order valence-electron chi connectivity index (χ3n) is 3.73. The highest BCUT2D eigenvalue weighted by Crippen LogP contribution is 2.25. The SMILES string of the molecule is Cc1c(C(=O)N/N=C\c2ccc(Br)cc2)[nH]c2ccc([N+](=O)[O-])cc12. The number of nitrogens with zero attached hydrogens (tertiary/aromatic N) is 2. The zero-order valence-electron chi connectivity index (χ0n) is 13.1. The van der Waals surface area contributed by atoms with E-state index in [1.54, 1.807) is 13.0 Å². The Labute approximate surface area is 151 Å². The predicted octanol–water partition coefficient (Wildman–Crippen LogP) is 3.91. The number of aromatic nitrogens is 1. The summed E-state index contributed by atoms with van der Waals surface area (Å²) in [5.74, 6) is -0.412. The molecule has 1 amide bonds. The number of H-pyrrole nitrogens is 1. The van der Waals surface area contributed by atoms with Crippen molar-refractivity contribution in [3.63, 3.8) is 0 Å². The van der Waals surface area contributed by atoms with Gasteiger partial charge < -0.3 is 4.98 Å². The Hall–Kier alpha value is -3.00. The van der Waals surface area contributed by atoms with Crippen LogP contribution in [0.25, 0.3) is 10.9 Å². The number of rotatable bonds is 4. The van der Waals surface area contributed by atoms with Gasteiger partial charge in [0, 0.05) is 27.5 Å². The third kappa shape index (κ3) is 3.58. The highest BCUT2D eigenvalue weighted by atomic mass is 79.9. The molecular weight excluding hydrogens is 388 g/mol. The van der Waals surface area contributed by atoms with Gasteiger partial charge in [-0.3, -0.25) is 14.9 Å². The molecule has 0 bridgehead atoms. The van der Waals surface area contributed by atoms with Crippen LogP contribution in [-0.2, 0) is 0 Å². The first kappa shape index (κ1) is 16.8. The largest absolute Gasteiger partial charge is 0.350 e. The van der Waals surface area contributed by atoms with Crippen molar-refractivity contribution in [2.75, 3.05) is 0 Å². The zero-order chi connectivity index (χ0) is 18.0. The van der Waals surface area contributed by atoms with Gasteiger partial charge in [0.2, 0.25) is 0 Å². The maximum atomic E-state index is 12.3. The van der Waals surface area contributed by atoms with Crippen molar-refractivity contribution in [1.29, 1.82) is 0 Å². The maximum absolute atomic E-state index is 12.3. The molecule has 0 radical (unpaired) electrons. The van der Waals surface area contributed by atoms with Crippen molar-refractivity contribution in [2.24, 2.45) is 5.10 Å². The van der Waals surface area contributed by atoms with Crippen molar-refractivity contribution in [3.05, 3.63) is 73.9 Å². The summed E-state index contributed by atoms with van der Waals surface area (Å²) in [6.45, 7) is 1.73. The van der Waals surface area contributed by atoms with Crippen molar-refractivity contribution < 1.29 is 9.72 Å². The van der Waals surface area contributed by atoms with Crippen molar-refractivity contribution in [2.45, 2.75) is 6.92 Å². The number of fused-ring (bicyclic) bond motifs is 1. The number of nitro benzene ring substituents is 1. The molecular formula is C17H13BrN4O3. The molecule has 0 saturated carbocycles. The van der Waals surface area contributed by atoms with E-state index in [4.69, 9.17) is 0 Å². The quantitative estimate of drug-likeness (QED) is 0.394. The summed E-state index contributed by atoms with van der Waals surface area (Å²) >= 11 is 3.35. The van der Waals surface area contributed by atoms with Gasteiger partial charge in [0.15, 0.2) is 0 Å². The smallest absolute Gasteiger partial charge is 0.288 e. The normalized spacial score (nSPS) is 11.1. The van der Waals surface area contributed by atoms with E-state index in [0.29, 0.717) is 22.2 Å². The zero-order valence-corrected chi connectivity index (χ0v) is 14.7. The van der Waals surface area contributed by atoms with Crippen LogP contribution >= 0.6 is 15.9 Å². The first-order valence-corrected chi connectivity index (χ1v) is 8.10. The van der Waals surface area contributed by atoms with Gasteiger partial charge in [-0.05, 0) is 36.2 Å². The van der Waals surface area contributed by atoms with E-state index < -0.39 is 10.8 Å². The van der Waals surface area contributed by atoms with E-state index >= 15 is 0 Å². The molecule has 1 heterocycles. The minimum Gasteiger partial charge on any atom is -0.350 e. The number of nitrogens with one attached hydrogen (secondary N) is 2. The van der Waals surface area contributed by atoms with E-state index in [-0.39, 0.29) is 5.69 Å². The molecule has 0 aliphatic rings. The molecule has 1 aromatic heterocycles. The van der Waals surface area contributed by atoms with Gasteiger partial charge in [0.1, 0.15) is 5.69 Å². The lowest BCUT2D eigenvalue weighted by atomic mass is 10.1. The maximum Gasteiger partial charge on any atom is 0.288 e. The first-order valence-electron chi connectivity index (χ1n) is 7.31. The fourth-order valence-electron chi connectivity index (χ4n) is 2.43. The van der Waals surface area contributed by atoms with Gasteiger partial charge in [0.05, 0.1) is 11.1 Å². The molecule has 0 unspecified atom stereocenters. The Morgan fingerprint density at radius 3 is 2.68 bits per heavy atom. The number of amides is 1. The van der Waals surface area contributed by atoms with Crippen LogP contribution in [0.4, 0.5) is 5.69 Å². The van der Waals surface area contributed by atoms with E-state index in [0.717, 1.165) is 10.0 Å². The summed E-state index contributed by atoms with van der Waals surface area (Å²) < 4.78 is 0.955. The van der Waals surface area contributed by atoms with Gasteiger partial charge in [-0.25, -0.2) is 5.43 Å². The van der Waals surface area contributed by atoms with Crippen LogP contribution < -0.4 is 5.43 Å². The number of aryl methyl sites for hydroxylation is 1. The van der Waals surface area contributed by atoms with E-state index in [9.17, 15) is 14.9 Å². The van der Waals surface area contributed by atoms with Crippen molar-refractivity contribution in [1.82, 2.24) is 10.4 Å². The van der Waals surface area contributed by atoms with Crippen LogP contribution in [0.5, 0.6) is 0 Å². The fraction of sp³-hybridized carbons (Fsp3) is 0.0588. The number of hydrogen-bond donors (Lipinski definition) is 2. The van der Waals surface area contributed by atoms with E-state index in [1.165, 1.54) is 18.3 Å². The average Bonchev–Trinajstić information content (AvgIpc) is 2.93. The summed E-state index contributed by atoms with van der Waals surface area (Å²) in [4.78, 5) is 25.7. The monoisotopic (exact) mass is 400 g/mol. The van der Waals surface area contributed by atoms with Gasteiger partial charge in [-0.1, -0.05) is 28.1 Å². The molecule has 3 rings (SSSR count). The lowest BCUT2D eigenvalue weighted by molar-refractivity contribution is -0.384. The number of nitro groups is 1. The first-order chi connectivity index (χ1) is 12.0. The molecule has 8 heteroatoms. The number of carbonyl (C=O) groups excluding carboxylic acids is 1. The molecule has 2 aromatic carbocycles. The number of benzene rings is 2. The number of carbonyl (C=O) groups is 1.